The molecule has 4 rings (SSSR count). The highest BCUT2D eigenvalue weighted by molar-refractivity contribution is 6.06. The average Bonchev–Trinajstić information content (AvgIpc) is 3.14. The van der Waals surface area contributed by atoms with Gasteiger partial charge in [0.1, 0.15) is 6.54 Å². The van der Waals surface area contributed by atoms with Crippen LogP contribution in [-0.4, -0.2) is 22.4 Å². The lowest BCUT2D eigenvalue weighted by atomic mass is 9.86. The largest absolute Gasteiger partial charge is 0.366 e. The summed E-state index contributed by atoms with van der Waals surface area (Å²) >= 11 is 0. The monoisotopic (exact) mass is 411 g/mol. The molecule has 0 aliphatic carbocycles. The van der Waals surface area contributed by atoms with Crippen LogP contribution < -0.4 is 11.1 Å². The van der Waals surface area contributed by atoms with Crippen molar-refractivity contribution in [2.24, 2.45) is 5.73 Å². The van der Waals surface area contributed by atoms with Crippen LogP contribution in [0.2, 0.25) is 0 Å². The Morgan fingerprint density at radius 2 is 1.42 bits per heavy atom. The molecule has 156 valence electrons. The lowest BCUT2D eigenvalue weighted by Gasteiger charge is -2.26. The molecule has 1 aromatic heterocycles. The molecule has 0 saturated carbocycles. The van der Waals surface area contributed by atoms with Crippen molar-refractivity contribution < 1.29 is 9.59 Å². The maximum Gasteiger partial charge on any atom is 0.250 e. The van der Waals surface area contributed by atoms with Crippen LogP contribution in [0.4, 0.5) is 0 Å². The zero-order valence-electron chi connectivity index (χ0n) is 17.4. The van der Waals surface area contributed by atoms with Gasteiger partial charge in [0.05, 0.1) is 5.56 Å². The number of primary amides is 1. The van der Waals surface area contributed by atoms with E-state index in [9.17, 15) is 9.59 Å². The van der Waals surface area contributed by atoms with Gasteiger partial charge in [-0.15, -0.1) is 0 Å². The molecule has 1 atom stereocenters. The van der Waals surface area contributed by atoms with E-state index in [0.717, 1.165) is 22.0 Å². The molecule has 0 bridgehead atoms. The zero-order chi connectivity index (χ0) is 21.8. The predicted octanol–water partition coefficient (Wildman–Crippen LogP) is 4.08. The lowest BCUT2D eigenvalue weighted by Crippen LogP contribution is -2.39. The van der Waals surface area contributed by atoms with E-state index in [1.54, 1.807) is 10.8 Å². The Kier molecular flexibility index (Phi) is 5.85. The quantitative estimate of drug-likeness (QED) is 0.481. The summed E-state index contributed by atoms with van der Waals surface area (Å²) in [5.74, 6) is -0.605. The molecule has 5 nitrogen and oxygen atoms in total. The number of nitrogens with two attached hydrogens (primary N) is 1. The van der Waals surface area contributed by atoms with Crippen molar-refractivity contribution in [1.82, 2.24) is 9.88 Å². The van der Waals surface area contributed by atoms with E-state index < -0.39 is 5.91 Å². The number of nitrogens with zero attached hydrogens (tertiary/aromatic N) is 1. The van der Waals surface area contributed by atoms with E-state index in [-0.39, 0.29) is 24.4 Å². The van der Waals surface area contributed by atoms with Gasteiger partial charge in [0.25, 0.3) is 5.91 Å². The molecule has 3 aromatic carbocycles. The number of amides is 2. The maximum absolute atomic E-state index is 13.0. The minimum atomic E-state index is -0.503. The lowest BCUT2D eigenvalue weighted by molar-refractivity contribution is -0.122. The molecule has 2 amide bonds. The van der Waals surface area contributed by atoms with Crippen LogP contribution in [0.15, 0.2) is 91.1 Å². The second-order valence-corrected chi connectivity index (χ2v) is 7.71. The summed E-state index contributed by atoms with van der Waals surface area (Å²) in [6, 6.07) is 27.7. The summed E-state index contributed by atoms with van der Waals surface area (Å²) in [5, 5.41) is 3.90. The Bertz CT molecular complexity index is 1160. The Hall–Kier alpha value is -3.86. The number of para-hydroxylation sites is 1. The SMILES string of the molecule is C[C@H](NC(=O)Cn1cc(C(N)=O)c2ccccc21)C(c1ccccc1)c1ccccc1. The van der Waals surface area contributed by atoms with Crippen molar-refractivity contribution in [2.75, 3.05) is 0 Å². The van der Waals surface area contributed by atoms with Gasteiger partial charge < -0.3 is 15.6 Å². The van der Waals surface area contributed by atoms with Crippen LogP contribution in [0.5, 0.6) is 0 Å². The minimum Gasteiger partial charge on any atom is -0.366 e. The molecule has 3 N–H and O–H groups in total. The van der Waals surface area contributed by atoms with Crippen molar-refractivity contribution in [3.05, 3.63) is 108 Å². The molecule has 1 heterocycles. The van der Waals surface area contributed by atoms with E-state index in [0.29, 0.717) is 5.56 Å². The van der Waals surface area contributed by atoms with Gasteiger partial charge in [0.2, 0.25) is 5.91 Å². The Morgan fingerprint density at radius 1 is 0.871 bits per heavy atom. The van der Waals surface area contributed by atoms with Gasteiger partial charge in [-0.1, -0.05) is 78.9 Å². The normalized spacial score (nSPS) is 12.1. The molecule has 0 spiro atoms. The summed E-state index contributed by atoms with van der Waals surface area (Å²) in [5.41, 5.74) is 9.03. The third kappa shape index (κ3) is 4.36. The standard InChI is InChI=1S/C26H25N3O2/c1-18(25(19-10-4-2-5-11-19)20-12-6-3-7-13-20)28-24(30)17-29-16-22(26(27)31)21-14-8-9-15-23(21)29/h2-16,18,25H,17H2,1H3,(H2,27,31)(H,28,30)/t18-/m0/s1. The van der Waals surface area contributed by atoms with Gasteiger partial charge >= 0.3 is 0 Å². The second-order valence-electron chi connectivity index (χ2n) is 7.71. The van der Waals surface area contributed by atoms with Crippen LogP contribution in [0.3, 0.4) is 0 Å². The Morgan fingerprint density at radius 3 is 2.00 bits per heavy atom. The fourth-order valence-electron chi connectivity index (χ4n) is 4.20. The number of hydrogen-bond donors (Lipinski definition) is 2. The summed E-state index contributed by atoms with van der Waals surface area (Å²) < 4.78 is 1.78. The van der Waals surface area contributed by atoms with E-state index in [2.05, 4.69) is 29.6 Å². The number of nitrogens with one attached hydrogen (secondary N) is 1. The fourth-order valence-corrected chi connectivity index (χ4v) is 4.20. The van der Waals surface area contributed by atoms with Crippen molar-refractivity contribution in [1.29, 1.82) is 0 Å². The number of carbonyl (C=O) groups is 2. The molecule has 5 heteroatoms. The van der Waals surface area contributed by atoms with Gasteiger partial charge in [0, 0.05) is 29.1 Å². The predicted molar refractivity (Wildman–Crippen MR) is 123 cm³/mol. The van der Waals surface area contributed by atoms with Crippen molar-refractivity contribution in [3.8, 4) is 0 Å². The molecule has 0 saturated heterocycles. The van der Waals surface area contributed by atoms with Crippen LogP contribution in [-0.2, 0) is 11.3 Å². The Labute approximate surface area is 181 Å². The average molecular weight is 412 g/mol. The van der Waals surface area contributed by atoms with Crippen LogP contribution in [0, 0.1) is 0 Å². The van der Waals surface area contributed by atoms with Crippen molar-refractivity contribution in [2.45, 2.75) is 25.4 Å². The fraction of sp³-hybridized carbons (Fsp3) is 0.154. The highest BCUT2D eigenvalue weighted by Gasteiger charge is 2.23. The first-order valence-electron chi connectivity index (χ1n) is 10.3. The summed E-state index contributed by atoms with van der Waals surface area (Å²) in [4.78, 5) is 24.8. The third-order valence-electron chi connectivity index (χ3n) is 5.57. The van der Waals surface area contributed by atoms with E-state index >= 15 is 0 Å². The first kappa shape index (κ1) is 20.4. The van der Waals surface area contributed by atoms with Crippen molar-refractivity contribution in [3.63, 3.8) is 0 Å². The molecule has 0 radical (unpaired) electrons. The molecule has 0 unspecified atom stereocenters. The van der Waals surface area contributed by atoms with E-state index in [4.69, 9.17) is 5.73 Å². The topological polar surface area (TPSA) is 77.1 Å². The minimum absolute atomic E-state index is 0.0222. The number of rotatable bonds is 7. The van der Waals surface area contributed by atoms with Crippen LogP contribution in [0.1, 0.15) is 34.3 Å². The highest BCUT2D eigenvalue weighted by atomic mass is 16.2. The van der Waals surface area contributed by atoms with Gasteiger partial charge in [0.15, 0.2) is 0 Å². The van der Waals surface area contributed by atoms with Gasteiger partial charge in [-0.2, -0.15) is 0 Å². The highest BCUT2D eigenvalue weighted by Crippen LogP contribution is 2.28. The third-order valence-corrected chi connectivity index (χ3v) is 5.57. The van der Waals surface area contributed by atoms with Gasteiger partial charge in [-0.05, 0) is 24.1 Å². The number of benzene rings is 3. The summed E-state index contributed by atoms with van der Waals surface area (Å²) in [6.45, 7) is 2.12. The smallest absolute Gasteiger partial charge is 0.250 e. The number of hydrogen-bond acceptors (Lipinski definition) is 2. The summed E-state index contributed by atoms with van der Waals surface area (Å²) in [7, 11) is 0. The van der Waals surface area contributed by atoms with Crippen LogP contribution in [0.25, 0.3) is 10.9 Å². The molecule has 31 heavy (non-hydrogen) atoms. The van der Waals surface area contributed by atoms with Crippen LogP contribution >= 0.6 is 0 Å². The van der Waals surface area contributed by atoms with Gasteiger partial charge in [-0.3, -0.25) is 9.59 Å². The first-order chi connectivity index (χ1) is 15.0. The second kappa shape index (κ2) is 8.88. The molecule has 4 aromatic rings. The van der Waals surface area contributed by atoms with E-state index in [1.165, 1.54) is 0 Å². The summed E-state index contributed by atoms with van der Waals surface area (Å²) in [6.07, 6.45) is 1.66. The molecule has 0 fully saturated rings. The molecular weight excluding hydrogens is 386 g/mol. The first-order valence-corrected chi connectivity index (χ1v) is 10.3. The number of fused-ring (bicyclic) bond motifs is 1. The molecule has 0 aliphatic heterocycles. The van der Waals surface area contributed by atoms with Gasteiger partial charge in [-0.25, -0.2) is 0 Å². The Balaban J connectivity index is 1.58. The van der Waals surface area contributed by atoms with E-state index in [1.807, 2.05) is 67.6 Å². The zero-order valence-corrected chi connectivity index (χ0v) is 17.4. The number of aromatic nitrogens is 1. The number of carbonyl (C=O) groups excluding carboxylic acids is 2. The molecule has 0 aliphatic rings. The molecular formula is C26H25N3O2. The maximum atomic E-state index is 13.0. The van der Waals surface area contributed by atoms with Crippen molar-refractivity contribution >= 4 is 22.7 Å².